The maximum Gasteiger partial charge on any atom is 0.220 e. The van der Waals surface area contributed by atoms with Gasteiger partial charge in [0, 0.05) is 13.0 Å². The molecule has 1 heterocycles. The predicted molar refractivity (Wildman–Crippen MR) is 92.1 cm³/mol. The maximum atomic E-state index is 12.0. The summed E-state index contributed by atoms with van der Waals surface area (Å²) in [6.07, 6.45) is 5.21. The normalized spacial score (nSPS) is 12.3. The highest BCUT2D eigenvalue weighted by atomic mass is 16.3. The zero-order chi connectivity index (χ0) is 16.5. The van der Waals surface area contributed by atoms with Crippen LogP contribution >= 0.6 is 0 Å². The molecular formula is C19H26N2O2. The summed E-state index contributed by atoms with van der Waals surface area (Å²) in [4.78, 5) is 14.0. The summed E-state index contributed by atoms with van der Waals surface area (Å²) in [7, 11) is 3.97. The van der Waals surface area contributed by atoms with Crippen LogP contribution in [0.25, 0.3) is 0 Å². The van der Waals surface area contributed by atoms with E-state index in [0.717, 1.165) is 25.0 Å². The van der Waals surface area contributed by atoms with Crippen molar-refractivity contribution in [2.24, 2.45) is 0 Å². The van der Waals surface area contributed by atoms with Crippen LogP contribution < -0.4 is 5.32 Å². The van der Waals surface area contributed by atoms with E-state index < -0.39 is 0 Å². The van der Waals surface area contributed by atoms with Gasteiger partial charge in [0.2, 0.25) is 5.91 Å². The van der Waals surface area contributed by atoms with Gasteiger partial charge < -0.3 is 9.73 Å². The molecule has 1 N–H and O–H groups in total. The Morgan fingerprint density at radius 3 is 2.57 bits per heavy atom. The molecule has 0 aliphatic heterocycles. The lowest BCUT2D eigenvalue weighted by Crippen LogP contribution is -2.34. The molecule has 124 valence electrons. The molecule has 2 aromatic rings. The quantitative estimate of drug-likeness (QED) is 0.721. The summed E-state index contributed by atoms with van der Waals surface area (Å²) in [5, 5.41) is 3.01. The van der Waals surface area contributed by atoms with Gasteiger partial charge >= 0.3 is 0 Å². The Bertz CT molecular complexity index is 564. The fourth-order valence-electron chi connectivity index (χ4n) is 2.58. The number of rotatable bonds is 9. The van der Waals surface area contributed by atoms with Gasteiger partial charge in [0.1, 0.15) is 5.76 Å². The van der Waals surface area contributed by atoms with Crippen LogP contribution in [0.4, 0.5) is 0 Å². The Balaban J connectivity index is 1.66. The Kier molecular flexibility index (Phi) is 6.88. The molecule has 0 aliphatic rings. The van der Waals surface area contributed by atoms with Crippen LogP contribution in [0.15, 0.2) is 53.1 Å². The summed E-state index contributed by atoms with van der Waals surface area (Å²) >= 11 is 0. The summed E-state index contributed by atoms with van der Waals surface area (Å²) < 4.78 is 5.44. The van der Waals surface area contributed by atoms with Gasteiger partial charge in [-0.3, -0.25) is 9.69 Å². The molecule has 0 fully saturated rings. The second-order valence-corrected chi connectivity index (χ2v) is 5.99. The molecule has 23 heavy (non-hydrogen) atoms. The van der Waals surface area contributed by atoms with Gasteiger partial charge in [-0.15, -0.1) is 0 Å². The van der Waals surface area contributed by atoms with Crippen LogP contribution in [0.2, 0.25) is 0 Å². The van der Waals surface area contributed by atoms with Gasteiger partial charge in [-0.05, 0) is 51.1 Å². The first-order chi connectivity index (χ1) is 11.2. The minimum Gasteiger partial charge on any atom is -0.468 e. The lowest BCUT2D eigenvalue weighted by molar-refractivity contribution is -0.121. The van der Waals surface area contributed by atoms with Gasteiger partial charge in [0.15, 0.2) is 0 Å². The van der Waals surface area contributed by atoms with Gasteiger partial charge in [0.25, 0.3) is 0 Å². The molecule has 0 spiro atoms. The number of amides is 1. The van der Waals surface area contributed by atoms with Crippen LogP contribution in [0.3, 0.4) is 0 Å². The molecule has 0 aliphatic carbocycles. The topological polar surface area (TPSA) is 45.5 Å². The number of benzene rings is 1. The lowest BCUT2D eigenvalue weighted by atomic mass is 10.1. The van der Waals surface area contributed by atoms with Crippen molar-refractivity contribution < 1.29 is 9.21 Å². The molecular weight excluding hydrogens is 288 g/mol. The number of nitrogens with zero attached hydrogens (tertiary/aromatic N) is 1. The Hall–Kier alpha value is -2.07. The molecule has 0 radical (unpaired) electrons. The number of hydrogen-bond acceptors (Lipinski definition) is 3. The van der Waals surface area contributed by atoms with Gasteiger partial charge in [-0.2, -0.15) is 0 Å². The maximum absolute atomic E-state index is 12.0. The third kappa shape index (κ3) is 5.91. The Morgan fingerprint density at radius 2 is 1.91 bits per heavy atom. The van der Waals surface area contributed by atoms with Crippen molar-refractivity contribution >= 4 is 5.91 Å². The van der Waals surface area contributed by atoms with E-state index in [4.69, 9.17) is 4.42 Å². The number of carbonyl (C=O) groups excluding carboxylic acids is 1. The fourth-order valence-corrected chi connectivity index (χ4v) is 2.58. The highest BCUT2D eigenvalue weighted by molar-refractivity contribution is 5.75. The Labute approximate surface area is 138 Å². The molecule has 2 rings (SSSR count). The van der Waals surface area contributed by atoms with Crippen molar-refractivity contribution in [3.05, 3.63) is 60.1 Å². The molecule has 1 aromatic heterocycles. The number of aryl methyl sites for hydroxylation is 1. The fraction of sp³-hybridized carbons (Fsp3) is 0.421. The van der Waals surface area contributed by atoms with E-state index in [1.807, 2.05) is 32.3 Å². The summed E-state index contributed by atoms with van der Waals surface area (Å²) in [5.74, 6) is 0.982. The van der Waals surface area contributed by atoms with E-state index >= 15 is 0 Å². The van der Waals surface area contributed by atoms with Crippen molar-refractivity contribution in [2.75, 3.05) is 20.6 Å². The van der Waals surface area contributed by atoms with Crippen molar-refractivity contribution in [3.8, 4) is 0 Å². The summed E-state index contributed by atoms with van der Waals surface area (Å²) in [6.45, 7) is 0.567. The number of furan rings is 1. The van der Waals surface area contributed by atoms with Crippen LogP contribution in [-0.2, 0) is 11.2 Å². The molecule has 1 amide bonds. The molecule has 4 heteroatoms. The average Bonchev–Trinajstić information content (AvgIpc) is 3.06. The summed E-state index contributed by atoms with van der Waals surface area (Å²) in [5.41, 5.74) is 1.33. The van der Waals surface area contributed by atoms with Gasteiger partial charge in [-0.1, -0.05) is 30.3 Å². The molecule has 0 saturated heterocycles. The van der Waals surface area contributed by atoms with E-state index in [1.54, 1.807) is 6.26 Å². The van der Waals surface area contributed by atoms with E-state index in [0.29, 0.717) is 13.0 Å². The second kappa shape index (κ2) is 9.16. The predicted octanol–water partition coefficient (Wildman–Crippen LogP) is 3.41. The highest BCUT2D eigenvalue weighted by Crippen LogP contribution is 2.17. The average molecular weight is 314 g/mol. The van der Waals surface area contributed by atoms with Crippen LogP contribution in [0, 0.1) is 0 Å². The molecule has 1 aromatic carbocycles. The molecule has 0 saturated carbocycles. The number of carbonyl (C=O) groups is 1. The smallest absolute Gasteiger partial charge is 0.220 e. The van der Waals surface area contributed by atoms with Crippen LogP contribution in [0.1, 0.15) is 36.6 Å². The number of likely N-dealkylation sites (N-methyl/N-ethyl adjacent to an activating group) is 1. The van der Waals surface area contributed by atoms with Crippen LogP contribution in [-0.4, -0.2) is 31.4 Å². The second-order valence-electron chi connectivity index (χ2n) is 5.99. The molecule has 1 unspecified atom stereocenters. The minimum absolute atomic E-state index is 0.0678. The largest absolute Gasteiger partial charge is 0.468 e. The molecule has 0 bridgehead atoms. The van der Waals surface area contributed by atoms with Crippen LogP contribution in [0.5, 0.6) is 0 Å². The van der Waals surface area contributed by atoms with E-state index in [2.05, 4.69) is 34.5 Å². The highest BCUT2D eigenvalue weighted by Gasteiger charge is 2.17. The van der Waals surface area contributed by atoms with Crippen molar-refractivity contribution in [1.82, 2.24) is 10.2 Å². The minimum atomic E-state index is 0.0678. The monoisotopic (exact) mass is 314 g/mol. The van der Waals surface area contributed by atoms with Crippen molar-refractivity contribution in [3.63, 3.8) is 0 Å². The van der Waals surface area contributed by atoms with Gasteiger partial charge in [-0.25, -0.2) is 0 Å². The number of nitrogens with one attached hydrogen (secondary N) is 1. The zero-order valence-corrected chi connectivity index (χ0v) is 14.0. The number of hydrogen-bond donors (Lipinski definition) is 1. The van der Waals surface area contributed by atoms with E-state index in [9.17, 15) is 4.79 Å². The molecule has 1 atom stereocenters. The van der Waals surface area contributed by atoms with Crippen molar-refractivity contribution in [2.45, 2.75) is 31.7 Å². The summed E-state index contributed by atoms with van der Waals surface area (Å²) in [6, 6.07) is 14.3. The first-order valence-corrected chi connectivity index (χ1v) is 8.17. The standard InChI is InChI=1S/C19H26N2O2/c1-21(2)17(18-12-8-14-23-18)15-20-19(22)13-7-6-11-16-9-4-3-5-10-16/h3-5,8-10,12,14,17H,6-7,11,13,15H2,1-2H3,(H,20,22). The van der Waals surface area contributed by atoms with E-state index in [-0.39, 0.29) is 11.9 Å². The van der Waals surface area contributed by atoms with Crippen molar-refractivity contribution in [1.29, 1.82) is 0 Å². The SMILES string of the molecule is CN(C)C(CNC(=O)CCCCc1ccccc1)c1ccco1. The first-order valence-electron chi connectivity index (χ1n) is 8.17. The van der Waals surface area contributed by atoms with Gasteiger partial charge in [0.05, 0.1) is 12.3 Å². The lowest BCUT2D eigenvalue weighted by Gasteiger charge is -2.22. The first kappa shape index (κ1) is 17.3. The number of unbranched alkanes of at least 4 members (excludes halogenated alkanes) is 1. The Morgan fingerprint density at radius 1 is 1.13 bits per heavy atom. The molecule has 4 nitrogen and oxygen atoms in total. The van der Waals surface area contributed by atoms with E-state index in [1.165, 1.54) is 5.56 Å². The zero-order valence-electron chi connectivity index (χ0n) is 14.0. The third-order valence-corrected chi connectivity index (χ3v) is 3.95. The third-order valence-electron chi connectivity index (χ3n) is 3.95.